The highest BCUT2D eigenvalue weighted by atomic mass is 19.1. The van der Waals surface area contributed by atoms with Gasteiger partial charge in [0.15, 0.2) is 5.78 Å². The molecule has 3 rings (SSSR count). The maximum Gasteiger partial charge on any atom is 0.256 e. The first-order valence-electron chi connectivity index (χ1n) is 9.34. The number of rotatable bonds is 7. The Kier molecular flexibility index (Phi) is 6.71. The van der Waals surface area contributed by atoms with Crippen LogP contribution in [0.3, 0.4) is 0 Å². The maximum atomic E-state index is 13.0. The SMILES string of the molecule is COc1ccncc1C(=O)NCC1CCN(CC(=O)c2ccc(F)cc2)CC1. The van der Waals surface area contributed by atoms with E-state index in [-0.39, 0.29) is 17.5 Å². The van der Waals surface area contributed by atoms with Gasteiger partial charge >= 0.3 is 0 Å². The van der Waals surface area contributed by atoms with Gasteiger partial charge in [-0.05, 0) is 62.2 Å². The molecule has 1 aromatic carbocycles. The fourth-order valence-corrected chi connectivity index (χ4v) is 3.34. The lowest BCUT2D eigenvalue weighted by Crippen LogP contribution is -2.40. The third-order valence-corrected chi connectivity index (χ3v) is 5.04. The van der Waals surface area contributed by atoms with Crippen molar-refractivity contribution in [1.29, 1.82) is 0 Å². The van der Waals surface area contributed by atoms with E-state index in [2.05, 4.69) is 15.2 Å². The smallest absolute Gasteiger partial charge is 0.256 e. The predicted molar refractivity (Wildman–Crippen MR) is 103 cm³/mol. The minimum Gasteiger partial charge on any atom is -0.496 e. The molecule has 1 aromatic heterocycles. The summed E-state index contributed by atoms with van der Waals surface area (Å²) >= 11 is 0. The number of likely N-dealkylation sites (tertiary alicyclic amines) is 1. The Balaban J connectivity index is 1.43. The minimum absolute atomic E-state index is 0.00424. The van der Waals surface area contributed by atoms with Crippen LogP contribution in [0, 0.1) is 11.7 Å². The molecule has 2 aromatic rings. The van der Waals surface area contributed by atoms with Crippen molar-refractivity contribution >= 4 is 11.7 Å². The van der Waals surface area contributed by atoms with Crippen LogP contribution in [-0.4, -0.2) is 54.9 Å². The highest BCUT2D eigenvalue weighted by molar-refractivity contribution is 5.97. The molecule has 0 saturated carbocycles. The van der Waals surface area contributed by atoms with Gasteiger partial charge in [-0.15, -0.1) is 0 Å². The topological polar surface area (TPSA) is 71.5 Å². The summed E-state index contributed by atoms with van der Waals surface area (Å²) < 4.78 is 18.2. The van der Waals surface area contributed by atoms with Gasteiger partial charge in [0.25, 0.3) is 5.91 Å². The van der Waals surface area contributed by atoms with Crippen molar-refractivity contribution in [2.45, 2.75) is 12.8 Å². The molecule has 148 valence electrons. The number of Topliss-reactive ketones (excluding diaryl/α,β-unsaturated/α-hetero) is 1. The summed E-state index contributed by atoms with van der Waals surface area (Å²) in [6, 6.07) is 7.31. The number of hydrogen-bond donors (Lipinski definition) is 1. The molecule has 2 heterocycles. The quantitative estimate of drug-likeness (QED) is 0.742. The number of methoxy groups -OCH3 is 1. The van der Waals surface area contributed by atoms with E-state index in [1.807, 2.05) is 0 Å². The number of ether oxygens (including phenoxy) is 1. The van der Waals surface area contributed by atoms with Crippen LogP contribution in [0.1, 0.15) is 33.6 Å². The zero-order valence-corrected chi connectivity index (χ0v) is 15.9. The average molecular weight is 385 g/mol. The summed E-state index contributed by atoms with van der Waals surface area (Å²) in [5, 5.41) is 2.95. The fourth-order valence-electron chi connectivity index (χ4n) is 3.34. The van der Waals surface area contributed by atoms with Gasteiger partial charge in [-0.25, -0.2) is 4.39 Å². The Morgan fingerprint density at radius 3 is 2.61 bits per heavy atom. The van der Waals surface area contributed by atoms with Crippen molar-refractivity contribution in [3.8, 4) is 5.75 Å². The van der Waals surface area contributed by atoms with Crippen LogP contribution in [-0.2, 0) is 0 Å². The van der Waals surface area contributed by atoms with Crippen LogP contribution in [0.2, 0.25) is 0 Å². The van der Waals surface area contributed by atoms with E-state index >= 15 is 0 Å². The van der Waals surface area contributed by atoms with Crippen LogP contribution < -0.4 is 10.1 Å². The Bertz CT molecular complexity index is 818. The molecule has 6 nitrogen and oxygen atoms in total. The zero-order valence-electron chi connectivity index (χ0n) is 15.9. The molecule has 1 amide bonds. The molecule has 1 N–H and O–H groups in total. The van der Waals surface area contributed by atoms with Gasteiger partial charge in [0, 0.05) is 24.5 Å². The normalized spacial score (nSPS) is 15.2. The second-order valence-electron chi connectivity index (χ2n) is 6.94. The third-order valence-electron chi connectivity index (χ3n) is 5.04. The molecule has 1 saturated heterocycles. The van der Waals surface area contributed by atoms with Crippen LogP contribution in [0.15, 0.2) is 42.7 Å². The van der Waals surface area contributed by atoms with E-state index < -0.39 is 0 Å². The summed E-state index contributed by atoms with van der Waals surface area (Å²) in [5.74, 6) is 0.322. The average Bonchev–Trinajstić information content (AvgIpc) is 2.73. The lowest BCUT2D eigenvalue weighted by molar-refractivity contribution is 0.0886. The van der Waals surface area contributed by atoms with E-state index in [0.717, 1.165) is 25.9 Å². The molecule has 7 heteroatoms. The van der Waals surface area contributed by atoms with Gasteiger partial charge in [-0.2, -0.15) is 0 Å². The van der Waals surface area contributed by atoms with E-state index in [0.29, 0.717) is 35.9 Å². The van der Waals surface area contributed by atoms with Crippen LogP contribution in [0.5, 0.6) is 5.75 Å². The Hall–Kier alpha value is -2.80. The molecular weight excluding hydrogens is 361 g/mol. The number of ketones is 1. The Morgan fingerprint density at radius 1 is 1.21 bits per heavy atom. The fraction of sp³-hybridized carbons (Fsp3) is 0.381. The summed E-state index contributed by atoms with van der Waals surface area (Å²) in [4.78, 5) is 30.7. The van der Waals surface area contributed by atoms with E-state index in [9.17, 15) is 14.0 Å². The van der Waals surface area contributed by atoms with Crippen molar-refractivity contribution in [2.75, 3.05) is 33.3 Å². The number of benzene rings is 1. The first-order chi connectivity index (χ1) is 13.6. The number of nitrogens with one attached hydrogen (secondary N) is 1. The Morgan fingerprint density at radius 2 is 1.93 bits per heavy atom. The second kappa shape index (κ2) is 9.41. The lowest BCUT2D eigenvalue weighted by Gasteiger charge is -2.31. The number of aromatic nitrogens is 1. The van der Waals surface area contributed by atoms with Gasteiger partial charge in [0.1, 0.15) is 11.6 Å². The summed E-state index contributed by atoms with van der Waals surface area (Å²) in [5.41, 5.74) is 0.952. The largest absolute Gasteiger partial charge is 0.496 e. The van der Waals surface area contributed by atoms with Gasteiger partial charge < -0.3 is 10.1 Å². The molecule has 1 fully saturated rings. The third kappa shape index (κ3) is 5.13. The molecule has 1 aliphatic rings. The second-order valence-corrected chi connectivity index (χ2v) is 6.94. The molecular formula is C21H24FN3O3. The van der Waals surface area contributed by atoms with Gasteiger partial charge in [0.2, 0.25) is 0 Å². The Labute approximate surface area is 163 Å². The molecule has 0 atom stereocenters. The standard InChI is InChI=1S/C21H24FN3O3/c1-28-20-6-9-23-13-18(20)21(27)24-12-15-7-10-25(11-8-15)14-19(26)16-2-4-17(22)5-3-16/h2-6,9,13,15H,7-8,10-12,14H2,1H3,(H,24,27). The molecule has 0 unspecified atom stereocenters. The number of piperidine rings is 1. The highest BCUT2D eigenvalue weighted by Gasteiger charge is 2.22. The zero-order chi connectivity index (χ0) is 19.9. The van der Waals surface area contributed by atoms with Gasteiger partial charge in [0.05, 0.1) is 19.2 Å². The molecule has 1 aliphatic heterocycles. The van der Waals surface area contributed by atoms with Gasteiger partial charge in [-0.3, -0.25) is 19.5 Å². The highest BCUT2D eigenvalue weighted by Crippen LogP contribution is 2.19. The summed E-state index contributed by atoms with van der Waals surface area (Å²) in [7, 11) is 1.52. The van der Waals surface area contributed by atoms with E-state index in [4.69, 9.17) is 4.74 Å². The lowest BCUT2D eigenvalue weighted by atomic mass is 9.96. The van der Waals surface area contributed by atoms with Crippen molar-refractivity contribution < 1.29 is 18.7 Å². The van der Waals surface area contributed by atoms with Crippen molar-refractivity contribution in [3.05, 3.63) is 59.7 Å². The molecule has 0 spiro atoms. The maximum absolute atomic E-state index is 13.0. The number of carbonyl (C=O) groups is 2. The summed E-state index contributed by atoms with van der Waals surface area (Å²) in [6.45, 7) is 2.50. The summed E-state index contributed by atoms with van der Waals surface area (Å²) in [6.07, 6.45) is 4.89. The van der Waals surface area contributed by atoms with Crippen molar-refractivity contribution in [1.82, 2.24) is 15.2 Å². The van der Waals surface area contributed by atoms with Gasteiger partial charge in [-0.1, -0.05) is 0 Å². The molecule has 0 bridgehead atoms. The van der Waals surface area contributed by atoms with Crippen molar-refractivity contribution in [3.63, 3.8) is 0 Å². The first-order valence-corrected chi connectivity index (χ1v) is 9.34. The number of carbonyl (C=O) groups excluding carboxylic acids is 2. The first kappa shape index (κ1) is 19.9. The number of pyridine rings is 1. The minimum atomic E-state index is -0.344. The molecule has 28 heavy (non-hydrogen) atoms. The van der Waals surface area contributed by atoms with Crippen LogP contribution >= 0.6 is 0 Å². The van der Waals surface area contributed by atoms with Crippen molar-refractivity contribution in [2.24, 2.45) is 5.92 Å². The number of nitrogens with zero attached hydrogens (tertiary/aromatic N) is 2. The number of halogens is 1. The number of hydrogen-bond acceptors (Lipinski definition) is 5. The van der Waals surface area contributed by atoms with Crippen LogP contribution in [0.4, 0.5) is 4.39 Å². The van der Waals surface area contributed by atoms with E-state index in [1.54, 1.807) is 12.3 Å². The molecule has 0 aliphatic carbocycles. The monoisotopic (exact) mass is 385 g/mol. The van der Waals surface area contributed by atoms with Crippen LogP contribution in [0.25, 0.3) is 0 Å². The number of amides is 1. The predicted octanol–water partition coefficient (Wildman–Crippen LogP) is 2.55. The molecule has 0 radical (unpaired) electrons. The van der Waals surface area contributed by atoms with E-state index in [1.165, 1.54) is 37.6 Å².